The molecule has 0 amide bonds. The van der Waals surface area contributed by atoms with Crippen LogP contribution >= 0.6 is 23.5 Å². The summed E-state index contributed by atoms with van der Waals surface area (Å²) in [6.45, 7) is 7.04. The number of hydrogen-bond acceptors (Lipinski definition) is 2. The normalized spacial score (nSPS) is 12.6. The van der Waals surface area contributed by atoms with E-state index in [4.69, 9.17) is 0 Å². The molecule has 37 heavy (non-hydrogen) atoms. The van der Waals surface area contributed by atoms with Crippen LogP contribution in [0.15, 0.2) is 12.2 Å². The van der Waals surface area contributed by atoms with Gasteiger partial charge in [-0.15, -0.1) is 0 Å². The number of hydrogen-bond donors (Lipinski definition) is 0. The number of allylic oxidation sites excluding steroid dienone is 2. The van der Waals surface area contributed by atoms with Gasteiger partial charge in [0.1, 0.15) is 0 Å². The Kier molecular flexibility index (Phi) is 34.9. The Morgan fingerprint density at radius 2 is 0.784 bits per heavy atom. The van der Waals surface area contributed by atoms with Crippen molar-refractivity contribution >= 4 is 23.5 Å². The summed E-state index contributed by atoms with van der Waals surface area (Å²) < 4.78 is 0. The molecule has 222 valence electrons. The molecule has 0 aromatic carbocycles. The van der Waals surface area contributed by atoms with E-state index in [1.165, 1.54) is 184 Å². The van der Waals surface area contributed by atoms with E-state index in [2.05, 4.69) is 56.4 Å². The minimum atomic E-state index is 0.838. The Labute approximate surface area is 245 Å². The van der Waals surface area contributed by atoms with Crippen LogP contribution in [0.5, 0.6) is 0 Å². The maximum absolute atomic E-state index is 2.44. The summed E-state index contributed by atoms with van der Waals surface area (Å²) in [5.41, 5.74) is 0. The van der Waals surface area contributed by atoms with E-state index in [9.17, 15) is 0 Å². The molecule has 0 aromatic rings. The number of rotatable bonds is 32. The van der Waals surface area contributed by atoms with Crippen molar-refractivity contribution in [2.75, 3.05) is 17.3 Å². The molecule has 2 heteroatoms. The Morgan fingerprint density at radius 1 is 0.432 bits per heavy atom. The first-order valence-electron chi connectivity index (χ1n) is 17.2. The minimum absolute atomic E-state index is 0.838. The van der Waals surface area contributed by atoms with Crippen molar-refractivity contribution in [3.63, 3.8) is 0 Å². The minimum Gasteiger partial charge on any atom is -0.161 e. The summed E-state index contributed by atoms with van der Waals surface area (Å²) in [5.74, 6) is 4.12. The van der Waals surface area contributed by atoms with E-state index in [-0.39, 0.29) is 0 Å². The van der Waals surface area contributed by atoms with Crippen molar-refractivity contribution in [3.05, 3.63) is 12.2 Å². The van der Waals surface area contributed by atoms with Crippen molar-refractivity contribution in [2.24, 2.45) is 0 Å². The summed E-state index contributed by atoms with van der Waals surface area (Å²) in [6, 6.07) is 0. The Balaban J connectivity index is 3.17. The summed E-state index contributed by atoms with van der Waals surface area (Å²) in [5, 5.41) is 0.838. The fourth-order valence-corrected chi connectivity index (χ4v) is 7.33. The predicted octanol–water partition coefficient (Wildman–Crippen LogP) is 13.6. The highest BCUT2D eigenvalue weighted by atomic mass is 32.2. The van der Waals surface area contributed by atoms with Crippen LogP contribution in [0.1, 0.15) is 188 Å². The molecule has 0 bridgehead atoms. The molecule has 0 spiro atoms. The summed E-state index contributed by atoms with van der Waals surface area (Å²) in [4.78, 5) is 0. The molecule has 1 unspecified atom stereocenters. The molecular weight excluding hydrogens is 485 g/mol. The zero-order chi connectivity index (χ0) is 26.9. The lowest BCUT2D eigenvalue weighted by Gasteiger charge is -2.11. The molecule has 0 saturated carbocycles. The van der Waals surface area contributed by atoms with Crippen LogP contribution in [0.4, 0.5) is 0 Å². The van der Waals surface area contributed by atoms with Crippen LogP contribution < -0.4 is 0 Å². The van der Waals surface area contributed by atoms with Gasteiger partial charge in [-0.3, -0.25) is 0 Å². The zero-order valence-corrected chi connectivity index (χ0v) is 27.7. The predicted molar refractivity (Wildman–Crippen MR) is 180 cm³/mol. The lowest BCUT2D eigenvalue weighted by Crippen LogP contribution is -2.02. The van der Waals surface area contributed by atoms with Gasteiger partial charge >= 0.3 is 0 Å². The molecule has 0 N–H and O–H groups in total. The van der Waals surface area contributed by atoms with Crippen molar-refractivity contribution in [1.29, 1.82) is 0 Å². The van der Waals surface area contributed by atoms with Crippen molar-refractivity contribution in [2.45, 2.75) is 193 Å². The highest BCUT2D eigenvalue weighted by Crippen LogP contribution is 2.20. The van der Waals surface area contributed by atoms with Gasteiger partial charge in [0, 0.05) is 11.0 Å². The van der Waals surface area contributed by atoms with Gasteiger partial charge in [0.25, 0.3) is 0 Å². The van der Waals surface area contributed by atoms with E-state index in [0.29, 0.717) is 0 Å². The molecule has 0 fully saturated rings. The third-order valence-corrected chi connectivity index (χ3v) is 10.3. The monoisotopic (exact) mass is 554 g/mol. The Hall–Kier alpha value is 0.440. The van der Waals surface area contributed by atoms with Crippen LogP contribution in [-0.4, -0.2) is 22.5 Å². The molecule has 0 radical (unpaired) electrons. The van der Waals surface area contributed by atoms with Gasteiger partial charge in [0.2, 0.25) is 0 Å². The van der Waals surface area contributed by atoms with Crippen LogP contribution in [0.25, 0.3) is 0 Å². The van der Waals surface area contributed by atoms with Gasteiger partial charge in [-0.1, -0.05) is 161 Å². The average Bonchev–Trinajstić information content (AvgIpc) is 2.90. The number of thioether (sulfide) groups is 2. The molecule has 0 aliphatic rings. The fraction of sp³-hybridized carbons (Fsp3) is 0.943. The van der Waals surface area contributed by atoms with Gasteiger partial charge in [0.15, 0.2) is 0 Å². The molecule has 0 heterocycles. The number of unbranched alkanes of at least 4 members (excludes halogenated alkanes) is 23. The smallest absolute Gasteiger partial charge is 0.0109 e. The van der Waals surface area contributed by atoms with E-state index in [1.807, 2.05) is 0 Å². The molecular formula is C35H70S2. The maximum atomic E-state index is 2.44. The summed E-state index contributed by atoms with van der Waals surface area (Å²) in [6.07, 6.45) is 42.1. The lowest BCUT2D eigenvalue weighted by atomic mass is 10.0. The third-order valence-electron chi connectivity index (χ3n) is 7.55. The van der Waals surface area contributed by atoms with E-state index < -0.39 is 0 Å². The molecule has 0 aliphatic carbocycles. The molecule has 0 aliphatic heterocycles. The van der Waals surface area contributed by atoms with E-state index >= 15 is 0 Å². The standard InChI is InChI=1S/C35H70S2/c1-4-6-8-10-12-14-16-18-20-22-24-26-28-30-32-36-34-35(3)37-33-31-29-27-25-23-21-19-17-15-13-11-9-7-5-2/h15,17,35H,4-14,16,18-34H2,1-3H3/b17-15+. The van der Waals surface area contributed by atoms with E-state index in [0.717, 1.165) is 5.25 Å². The Bertz CT molecular complexity index is 419. The first-order valence-corrected chi connectivity index (χ1v) is 19.4. The van der Waals surface area contributed by atoms with Crippen molar-refractivity contribution in [1.82, 2.24) is 0 Å². The first-order chi connectivity index (χ1) is 18.3. The third kappa shape index (κ3) is 34.4. The van der Waals surface area contributed by atoms with Gasteiger partial charge in [-0.2, -0.15) is 23.5 Å². The molecule has 0 rings (SSSR count). The van der Waals surface area contributed by atoms with Crippen LogP contribution in [-0.2, 0) is 0 Å². The molecule has 0 saturated heterocycles. The zero-order valence-electron chi connectivity index (χ0n) is 26.1. The van der Waals surface area contributed by atoms with Gasteiger partial charge in [0.05, 0.1) is 0 Å². The van der Waals surface area contributed by atoms with Crippen molar-refractivity contribution in [3.8, 4) is 0 Å². The highest BCUT2D eigenvalue weighted by molar-refractivity contribution is 8.03. The molecule has 0 nitrogen and oxygen atoms in total. The fourth-order valence-electron chi connectivity index (χ4n) is 4.98. The molecule has 0 aromatic heterocycles. The molecule has 1 atom stereocenters. The second-order valence-corrected chi connectivity index (χ2v) is 14.3. The highest BCUT2D eigenvalue weighted by Gasteiger charge is 2.03. The maximum Gasteiger partial charge on any atom is 0.0109 e. The lowest BCUT2D eigenvalue weighted by molar-refractivity contribution is 0.538. The van der Waals surface area contributed by atoms with Crippen molar-refractivity contribution < 1.29 is 0 Å². The van der Waals surface area contributed by atoms with Gasteiger partial charge in [-0.25, -0.2) is 0 Å². The second kappa shape index (κ2) is 34.5. The summed E-state index contributed by atoms with van der Waals surface area (Å²) >= 11 is 4.42. The second-order valence-electron chi connectivity index (χ2n) is 11.6. The van der Waals surface area contributed by atoms with Gasteiger partial charge in [-0.05, 0) is 50.0 Å². The largest absolute Gasteiger partial charge is 0.161 e. The SMILES string of the molecule is CCCCCC/C=C/CCCCCCCCSC(C)CSCCCCCCCCCCCCCCCC. The van der Waals surface area contributed by atoms with Crippen LogP contribution in [0.2, 0.25) is 0 Å². The average molecular weight is 555 g/mol. The van der Waals surface area contributed by atoms with Gasteiger partial charge < -0.3 is 0 Å². The Morgan fingerprint density at radius 3 is 1.24 bits per heavy atom. The van der Waals surface area contributed by atoms with E-state index in [1.54, 1.807) is 0 Å². The van der Waals surface area contributed by atoms with Crippen LogP contribution in [0, 0.1) is 0 Å². The topological polar surface area (TPSA) is 0 Å². The summed E-state index contributed by atoms with van der Waals surface area (Å²) in [7, 11) is 0. The first kappa shape index (κ1) is 37.4. The van der Waals surface area contributed by atoms with Crippen LogP contribution in [0.3, 0.4) is 0 Å². The quantitative estimate of drug-likeness (QED) is 0.0599.